The van der Waals surface area contributed by atoms with Crippen molar-refractivity contribution < 1.29 is 9.13 Å². The van der Waals surface area contributed by atoms with Gasteiger partial charge in [-0.05, 0) is 42.2 Å². The number of rotatable bonds is 6. The van der Waals surface area contributed by atoms with Crippen LogP contribution in [0.25, 0.3) is 0 Å². The largest absolute Gasteiger partial charge is 0.497 e. The Morgan fingerprint density at radius 3 is 2.71 bits per heavy atom. The Morgan fingerprint density at radius 2 is 2.00 bits per heavy atom. The molecule has 3 N–H and O–H groups in total. The lowest BCUT2D eigenvalue weighted by atomic mass is 9.99. The summed E-state index contributed by atoms with van der Waals surface area (Å²) in [6.07, 6.45) is 1.12. The number of nitrogens with two attached hydrogens (primary N) is 1. The smallest absolute Gasteiger partial charge is 0.145 e. The maximum atomic E-state index is 13.9. The predicted octanol–water partition coefficient (Wildman–Crippen LogP) is 3.10. The van der Waals surface area contributed by atoms with Gasteiger partial charge >= 0.3 is 0 Å². The molecular formula is C16H18ClFN2O. The lowest BCUT2D eigenvalue weighted by Gasteiger charge is -2.17. The average Bonchev–Trinajstić information content (AvgIpc) is 2.51. The first kappa shape index (κ1) is 15.8. The van der Waals surface area contributed by atoms with Crippen molar-refractivity contribution in [1.82, 2.24) is 5.43 Å². The monoisotopic (exact) mass is 308 g/mol. The number of nitrogens with one attached hydrogen (secondary N) is 1. The van der Waals surface area contributed by atoms with Gasteiger partial charge in [0.1, 0.15) is 11.6 Å². The summed E-state index contributed by atoms with van der Waals surface area (Å²) in [5, 5.41) is 0.129. The zero-order valence-electron chi connectivity index (χ0n) is 11.8. The second kappa shape index (κ2) is 7.41. The topological polar surface area (TPSA) is 47.3 Å². The molecule has 2 aromatic rings. The van der Waals surface area contributed by atoms with Gasteiger partial charge in [-0.25, -0.2) is 4.39 Å². The fraction of sp³-hybridized carbons (Fsp3) is 0.250. The van der Waals surface area contributed by atoms with Gasteiger partial charge in [-0.3, -0.25) is 11.3 Å². The van der Waals surface area contributed by atoms with Gasteiger partial charge in [0.05, 0.1) is 12.1 Å². The predicted molar refractivity (Wildman–Crippen MR) is 82.9 cm³/mol. The van der Waals surface area contributed by atoms with Gasteiger partial charge in [0.15, 0.2) is 0 Å². The lowest BCUT2D eigenvalue weighted by molar-refractivity contribution is 0.413. The number of benzene rings is 2. The third-order valence-electron chi connectivity index (χ3n) is 3.35. The molecule has 0 saturated carbocycles. The SMILES string of the molecule is COc1cccc(CC(Cc2cccc(Cl)c2F)NN)c1. The highest BCUT2D eigenvalue weighted by atomic mass is 35.5. The second-order valence-corrected chi connectivity index (χ2v) is 5.24. The first-order valence-corrected chi connectivity index (χ1v) is 7.03. The van der Waals surface area contributed by atoms with Gasteiger partial charge in [0.2, 0.25) is 0 Å². The highest BCUT2D eigenvalue weighted by Crippen LogP contribution is 2.20. The minimum absolute atomic E-state index is 0.0925. The maximum absolute atomic E-state index is 13.9. The summed E-state index contributed by atoms with van der Waals surface area (Å²) in [6.45, 7) is 0. The molecule has 0 saturated heterocycles. The van der Waals surface area contributed by atoms with Crippen molar-refractivity contribution in [2.75, 3.05) is 7.11 Å². The highest BCUT2D eigenvalue weighted by molar-refractivity contribution is 6.30. The third-order valence-corrected chi connectivity index (χ3v) is 3.64. The van der Waals surface area contributed by atoms with Crippen LogP contribution < -0.4 is 16.0 Å². The molecule has 1 unspecified atom stereocenters. The van der Waals surface area contributed by atoms with Crippen LogP contribution in [0.3, 0.4) is 0 Å². The van der Waals surface area contributed by atoms with E-state index in [1.807, 2.05) is 24.3 Å². The van der Waals surface area contributed by atoms with E-state index in [1.54, 1.807) is 19.2 Å². The van der Waals surface area contributed by atoms with Crippen molar-refractivity contribution in [3.63, 3.8) is 0 Å². The summed E-state index contributed by atoms with van der Waals surface area (Å²) in [5.41, 5.74) is 4.35. The molecule has 0 spiro atoms. The van der Waals surface area contributed by atoms with Gasteiger partial charge in [-0.15, -0.1) is 0 Å². The number of hydrogen-bond acceptors (Lipinski definition) is 3. The molecule has 21 heavy (non-hydrogen) atoms. The van der Waals surface area contributed by atoms with Crippen molar-refractivity contribution in [3.8, 4) is 5.75 Å². The van der Waals surface area contributed by atoms with E-state index in [9.17, 15) is 4.39 Å². The summed E-state index contributed by atoms with van der Waals surface area (Å²) in [7, 11) is 1.62. The molecule has 0 fully saturated rings. The van der Waals surface area contributed by atoms with E-state index in [1.165, 1.54) is 6.07 Å². The zero-order valence-corrected chi connectivity index (χ0v) is 12.5. The van der Waals surface area contributed by atoms with E-state index in [2.05, 4.69) is 5.43 Å². The van der Waals surface area contributed by atoms with Crippen molar-refractivity contribution in [2.45, 2.75) is 18.9 Å². The second-order valence-electron chi connectivity index (χ2n) is 4.84. The number of hydrogen-bond donors (Lipinski definition) is 2. The van der Waals surface area contributed by atoms with E-state index >= 15 is 0 Å². The number of ether oxygens (including phenoxy) is 1. The molecule has 0 aliphatic heterocycles. The first-order chi connectivity index (χ1) is 10.1. The molecule has 0 radical (unpaired) electrons. The average molecular weight is 309 g/mol. The van der Waals surface area contributed by atoms with Crippen molar-refractivity contribution in [2.24, 2.45) is 5.84 Å². The number of hydrazine groups is 1. The van der Waals surface area contributed by atoms with Crippen LogP contribution in [-0.2, 0) is 12.8 Å². The molecule has 0 bridgehead atoms. The van der Waals surface area contributed by atoms with Crippen LogP contribution in [0.4, 0.5) is 4.39 Å². The Balaban J connectivity index is 2.11. The highest BCUT2D eigenvalue weighted by Gasteiger charge is 2.13. The molecule has 0 aromatic heterocycles. The quantitative estimate of drug-likeness (QED) is 0.637. The van der Waals surface area contributed by atoms with E-state index in [0.717, 1.165) is 11.3 Å². The summed E-state index contributed by atoms with van der Waals surface area (Å²) >= 11 is 5.80. The minimum Gasteiger partial charge on any atom is -0.497 e. The molecule has 2 aromatic carbocycles. The van der Waals surface area contributed by atoms with Crippen molar-refractivity contribution in [3.05, 3.63) is 64.4 Å². The molecule has 3 nitrogen and oxygen atoms in total. The van der Waals surface area contributed by atoms with E-state index in [0.29, 0.717) is 18.4 Å². The number of halogens is 2. The Labute approximate surface area is 128 Å². The fourth-order valence-electron chi connectivity index (χ4n) is 2.25. The molecule has 2 rings (SSSR count). The van der Waals surface area contributed by atoms with E-state index in [4.69, 9.17) is 22.2 Å². The van der Waals surface area contributed by atoms with Gasteiger partial charge in [0, 0.05) is 6.04 Å². The van der Waals surface area contributed by atoms with Gasteiger partial charge in [-0.2, -0.15) is 0 Å². The fourth-order valence-corrected chi connectivity index (χ4v) is 2.44. The van der Waals surface area contributed by atoms with Crippen LogP contribution >= 0.6 is 11.6 Å². The van der Waals surface area contributed by atoms with Crippen LogP contribution in [0, 0.1) is 5.82 Å². The van der Waals surface area contributed by atoms with Crippen LogP contribution in [0.1, 0.15) is 11.1 Å². The van der Waals surface area contributed by atoms with Gasteiger partial charge in [-0.1, -0.05) is 35.9 Å². The summed E-state index contributed by atoms with van der Waals surface area (Å²) in [5.74, 6) is 6.00. The maximum Gasteiger partial charge on any atom is 0.145 e. The molecule has 112 valence electrons. The minimum atomic E-state index is -0.384. The van der Waals surface area contributed by atoms with Crippen LogP contribution in [0.5, 0.6) is 5.75 Å². The normalized spacial score (nSPS) is 12.2. The standard InChI is InChI=1S/C16H18ClFN2O/c1-21-14-6-2-4-11(9-14)8-13(20-19)10-12-5-3-7-15(17)16(12)18/h2-7,9,13,20H,8,10,19H2,1H3. The van der Waals surface area contributed by atoms with Crippen LogP contribution in [0.15, 0.2) is 42.5 Å². The molecule has 1 atom stereocenters. The Kier molecular flexibility index (Phi) is 5.56. The van der Waals surface area contributed by atoms with Crippen molar-refractivity contribution in [1.29, 1.82) is 0 Å². The van der Waals surface area contributed by atoms with Crippen LogP contribution in [-0.4, -0.2) is 13.2 Å². The summed E-state index contributed by atoms with van der Waals surface area (Å²) in [6, 6.07) is 12.6. The summed E-state index contributed by atoms with van der Waals surface area (Å²) in [4.78, 5) is 0. The Morgan fingerprint density at radius 1 is 1.24 bits per heavy atom. The Bertz CT molecular complexity index is 607. The summed E-state index contributed by atoms with van der Waals surface area (Å²) < 4.78 is 19.1. The van der Waals surface area contributed by atoms with Crippen molar-refractivity contribution >= 4 is 11.6 Å². The molecular weight excluding hydrogens is 291 g/mol. The van der Waals surface area contributed by atoms with E-state index in [-0.39, 0.29) is 16.9 Å². The molecule has 0 aliphatic rings. The van der Waals surface area contributed by atoms with Gasteiger partial charge in [0.25, 0.3) is 0 Å². The number of methoxy groups -OCH3 is 1. The van der Waals surface area contributed by atoms with E-state index < -0.39 is 0 Å². The van der Waals surface area contributed by atoms with Gasteiger partial charge < -0.3 is 4.74 Å². The molecule has 0 aliphatic carbocycles. The Hall–Kier alpha value is -1.62. The lowest BCUT2D eigenvalue weighted by Crippen LogP contribution is -2.38. The molecule has 0 heterocycles. The zero-order chi connectivity index (χ0) is 15.2. The first-order valence-electron chi connectivity index (χ1n) is 6.66. The molecule has 0 amide bonds. The molecule has 5 heteroatoms. The third kappa shape index (κ3) is 4.17. The van der Waals surface area contributed by atoms with Crippen LogP contribution in [0.2, 0.25) is 5.02 Å².